The van der Waals surface area contributed by atoms with Crippen LogP contribution in [0, 0.1) is 11.6 Å². The quantitative estimate of drug-likeness (QED) is 0.794. The number of hydrogen-bond donors (Lipinski definition) is 0. The van der Waals surface area contributed by atoms with E-state index in [2.05, 4.69) is 0 Å². The molecule has 1 aliphatic heterocycles. The van der Waals surface area contributed by atoms with Gasteiger partial charge in [0.2, 0.25) is 0 Å². The molecule has 0 radical (unpaired) electrons. The van der Waals surface area contributed by atoms with Crippen molar-refractivity contribution in [2.45, 2.75) is 38.9 Å². The van der Waals surface area contributed by atoms with Crippen molar-refractivity contribution in [3.05, 3.63) is 54.1 Å². The summed E-state index contributed by atoms with van der Waals surface area (Å²) in [6.45, 7) is 7.91. The monoisotopic (exact) mass is 332 g/mol. The Bertz CT molecular complexity index is 708. The summed E-state index contributed by atoms with van der Waals surface area (Å²) in [5.74, 6) is -1.57. The minimum absolute atomic E-state index is 0.333. The van der Waals surface area contributed by atoms with Crippen LogP contribution in [0.25, 0.3) is 0 Å². The van der Waals surface area contributed by atoms with Crippen molar-refractivity contribution < 1.29 is 22.8 Å². The summed E-state index contributed by atoms with van der Waals surface area (Å²) in [6, 6.07) is 10.4. The second kappa shape index (κ2) is 5.86. The van der Waals surface area contributed by atoms with Crippen molar-refractivity contribution in [3.63, 3.8) is 0 Å². The fourth-order valence-corrected chi connectivity index (χ4v) is 2.37. The third-order valence-electron chi connectivity index (χ3n) is 4.54. The standard InChI is InChI=1S/C18H19BF2O3/c1-17(2)18(3,4)24-19(23-17)12-8-10-13(11-9-12)22-16-14(20)6-5-7-15(16)21/h5-11H,1-4H3. The lowest BCUT2D eigenvalue weighted by Gasteiger charge is -2.32. The molecule has 0 spiro atoms. The molecule has 24 heavy (non-hydrogen) atoms. The van der Waals surface area contributed by atoms with Crippen LogP contribution in [0.15, 0.2) is 42.5 Å². The third-order valence-corrected chi connectivity index (χ3v) is 4.54. The molecule has 0 unspecified atom stereocenters. The first-order valence-electron chi connectivity index (χ1n) is 7.77. The van der Waals surface area contributed by atoms with E-state index in [4.69, 9.17) is 14.0 Å². The van der Waals surface area contributed by atoms with Gasteiger partial charge in [-0.2, -0.15) is 0 Å². The first kappa shape index (κ1) is 16.9. The number of benzene rings is 2. The Kier molecular flexibility index (Phi) is 4.14. The van der Waals surface area contributed by atoms with E-state index < -0.39 is 35.7 Å². The number of halogens is 2. The normalized spacial score (nSPS) is 18.7. The zero-order valence-electron chi connectivity index (χ0n) is 14.1. The summed E-state index contributed by atoms with van der Waals surface area (Å²) in [6.07, 6.45) is 0. The Morgan fingerprint density at radius 2 is 1.33 bits per heavy atom. The zero-order chi connectivity index (χ0) is 17.5. The van der Waals surface area contributed by atoms with E-state index in [1.54, 1.807) is 24.3 Å². The van der Waals surface area contributed by atoms with Crippen molar-refractivity contribution >= 4 is 12.6 Å². The Hall–Kier alpha value is -1.92. The molecule has 2 aromatic carbocycles. The summed E-state index contributed by atoms with van der Waals surface area (Å²) < 4.78 is 44.5. The molecule has 0 amide bonds. The Morgan fingerprint density at radius 1 is 0.833 bits per heavy atom. The molecule has 0 aromatic heterocycles. The van der Waals surface area contributed by atoms with Gasteiger partial charge in [-0.15, -0.1) is 0 Å². The molecular weight excluding hydrogens is 313 g/mol. The van der Waals surface area contributed by atoms with Crippen LogP contribution in [0.5, 0.6) is 11.5 Å². The predicted molar refractivity (Wildman–Crippen MR) is 88.6 cm³/mol. The molecule has 2 aromatic rings. The van der Waals surface area contributed by atoms with E-state index in [1.165, 1.54) is 6.07 Å². The Balaban J connectivity index is 1.77. The van der Waals surface area contributed by atoms with Crippen LogP contribution in [-0.4, -0.2) is 18.3 Å². The average molecular weight is 332 g/mol. The number of ether oxygens (including phenoxy) is 1. The topological polar surface area (TPSA) is 27.7 Å². The molecule has 0 aliphatic carbocycles. The molecule has 3 rings (SSSR count). The molecule has 3 nitrogen and oxygen atoms in total. The lowest BCUT2D eigenvalue weighted by molar-refractivity contribution is 0.00578. The molecule has 1 fully saturated rings. The summed E-state index contributed by atoms with van der Waals surface area (Å²) in [5, 5.41) is 0. The van der Waals surface area contributed by atoms with Crippen LogP contribution >= 0.6 is 0 Å². The van der Waals surface area contributed by atoms with E-state index in [1.807, 2.05) is 27.7 Å². The van der Waals surface area contributed by atoms with Gasteiger partial charge in [0.1, 0.15) is 5.75 Å². The van der Waals surface area contributed by atoms with Gasteiger partial charge in [0.15, 0.2) is 17.4 Å². The highest BCUT2D eigenvalue weighted by Crippen LogP contribution is 2.36. The second-order valence-electron chi connectivity index (χ2n) is 6.81. The van der Waals surface area contributed by atoms with E-state index >= 15 is 0 Å². The Labute approximate surface area is 140 Å². The first-order chi connectivity index (χ1) is 11.2. The molecule has 126 valence electrons. The maximum atomic E-state index is 13.6. The fraction of sp³-hybridized carbons (Fsp3) is 0.333. The van der Waals surface area contributed by atoms with Gasteiger partial charge in [0.25, 0.3) is 0 Å². The fourth-order valence-electron chi connectivity index (χ4n) is 2.37. The number of rotatable bonds is 3. The summed E-state index contributed by atoms with van der Waals surface area (Å²) >= 11 is 0. The largest absolute Gasteiger partial charge is 0.494 e. The maximum absolute atomic E-state index is 13.6. The highest BCUT2D eigenvalue weighted by Gasteiger charge is 2.51. The van der Waals surface area contributed by atoms with Crippen molar-refractivity contribution in [3.8, 4) is 11.5 Å². The van der Waals surface area contributed by atoms with Gasteiger partial charge in [-0.1, -0.05) is 18.2 Å². The summed E-state index contributed by atoms with van der Waals surface area (Å²) in [7, 11) is -0.491. The second-order valence-corrected chi connectivity index (χ2v) is 6.81. The molecule has 0 saturated carbocycles. The van der Waals surface area contributed by atoms with Crippen molar-refractivity contribution in [2.24, 2.45) is 0 Å². The lowest BCUT2D eigenvalue weighted by Crippen LogP contribution is -2.41. The molecule has 0 bridgehead atoms. The first-order valence-corrected chi connectivity index (χ1v) is 7.77. The minimum Gasteiger partial charge on any atom is -0.451 e. The smallest absolute Gasteiger partial charge is 0.451 e. The van der Waals surface area contributed by atoms with Crippen LogP contribution in [0.2, 0.25) is 0 Å². The van der Waals surface area contributed by atoms with Gasteiger partial charge in [-0.25, -0.2) is 8.78 Å². The molecular formula is C18H19BF2O3. The van der Waals surface area contributed by atoms with Crippen LogP contribution in [0.4, 0.5) is 8.78 Å². The molecule has 1 saturated heterocycles. The van der Waals surface area contributed by atoms with Crippen LogP contribution in [0.3, 0.4) is 0 Å². The van der Waals surface area contributed by atoms with E-state index in [9.17, 15) is 8.78 Å². The van der Waals surface area contributed by atoms with Crippen LogP contribution < -0.4 is 10.2 Å². The van der Waals surface area contributed by atoms with Crippen molar-refractivity contribution in [2.75, 3.05) is 0 Å². The molecule has 0 N–H and O–H groups in total. The van der Waals surface area contributed by atoms with E-state index in [0.717, 1.165) is 17.6 Å². The average Bonchev–Trinajstić information content (AvgIpc) is 2.72. The summed E-state index contributed by atoms with van der Waals surface area (Å²) in [4.78, 5) is 0. The zero-order valence-corrected chi connectivity index (χ0v) is 14.1. The number of para-hydroxylation sites is 1. The highest BCUT2D eigenvalue weighted by molar-refractivity contribution is 6.62. The van der Waals surface area contributed by atoms with Gasteiger partial charge in [0.05, 0.1) is 11.2 Å². The highest BCUT2D eigenvalue weighted by atomic mass is 19.1. The third kappa shape index (κ3) is 3.04. The van der Waals surface area contributed by atoms with Gasteiger partial charge >= 0.3 is 7.12 Å². The van der Waals surface area contributed by atoms with Crippen molar-refractivity contribution in [1.29, 1.82) is 0 Å². The van der Waals surface area contributed by atoms with E-state index in [-0.39, 0.29) is 0 Å². The van der Waals surface area contributed by atoms with Crippen LogP contribution in [-0.2, 0) is 9.31 Å². The maximum Gasteiger partial charge on any atom is 0.494 e. The van der Waals surface area contributed by atoms with Crippen molar-refractivity contribution in [1.82, 2.24) is 0 Å². The van der Waals surface area contributed by atoms with Crippen LogP contribution in [0.1, 0.15) is 27.7 Å². The number of hydrogen-bond acceptors (Lipinski definition) is 3. The van der Waals surface area contributed by atoms with Gasteiger partial charge in [-0.3, -0.25) is 0 Å². The molecule has 1 heterocycles. The SMILES string of the molecule is CC1(C)OB(c2ccc(Oc3c(F)cccc3F)cc2)OC1(C)C. The Morgan fingerprint density at radius 3 is 1.83 bits per heavy atom. The van der Waals surface area contributed by atoms with E-state index in [0.29, 0.717) is 5.75 Å². The van der Waals surface area contributed by atoms with Gasteiger partial charge in [-0.05, 0) is 57.4 Å². The molecule has 6 heteroatoms. The predicted octanol–water partition coefficient (Wildman–Crippen LogP) is 4.06. The molecule has 0 atom stereocenters. The lowest BCUT2D eigenvalue weighted by atomic mass is 9.79. The van der Waals surface area contributed by atoms with Gasteiger partial charge in [0, 0.05) is 0 Å². The molecule has 1 aliphatic rings. The van der Waals surface area contributed by atoms with Gasteiger partial charge < -0.3 is 14.0 Å². The summed E-state index contributed by atoms with van der Waals surface area (Å²) in [5.41, 5.74) is -0.0401. The minimum atomic E-state index is -0.745.